The Morgan fingerprint density at radius 1 is 1.15 bits per heavy atom. The Morgan fingerprint density at radius 3 is 2.00 bits per heavy atom. The van der Waals surface area contributed by atoms with Gasteiger partial charge in [-0.25, -0.2) is 0 Å². The van der Waals surface area contributed by atoms with Gasteiger partial charge in [0.25, 0.3) is 0 Å². The molecule has 0 saturated carbocycles. The van der Waals surface area contributed by atoms with Gasteiger partial charge in [-0.15, -0.1) is 0 Å². The minimum atomic E-state index is 0.595. The standard InChI is InChI=1S/C11H24N2/c1-8-6-13(7-9(8)2)11(4)10(3)12-5/h8-12H,6-7H2,1-5H3. The van der Waals surface area contributed by atoms with Crippen molar-refractivity contribution < 1.29 is 0 Å². The van der Waals surface area contributed by atoms with E-state index >= 15 is 0 Å². The minimum Gasteiger partial charge on any atom is -0.316 e. The molecule has 78 valence electrons. The normalized spacial score (nSPS) is 34.8. The van der Waals surface area contributed by atoms with Crippen LogP contribution in [-0.2, 0) is 0 Å². The predicted molar refractivity (Wildman–Crippen MR) is 57.9 cm³/mol. The van der Waals surface area contributed by atoms with Crippen LogP contribution in [0.2, 0.25) is 0 Å². The number of likely N-dealkylation sites (tertiary alicyclic amines) is 1. The predicted octanol–water partition coefficient (Wildman–Crippen LogP) is 1.57. The smallest absolute Gasteiger partial charge is 0.0218 e. The topological polar surface area (TPSA) is 15.3 Å². The third-order valence-corrected chi connectivity index (χ3v) is 3.77. The van der Waals surface area contributed by atoms with Crippen LogP contribution < -0.4 is 5.32 Å². The van der Waals surface area contributed by atoms with Crippen molar-refractivity contribution in [2.75, 3.05) is 20.1 Å². The molecule has 1 N–H and O–H groups in total. The second kappa shape index (κ2) is 4.43. The molecule has 0 aromatic heterocycles. The zero-order valence-corrected chi connectivity index (χ0v) is 9.67. The van der Waals surface area contributed by atoms with Gasteiger partial charge in [-0.05, 0) is 32.7 Å². The second-order valence-corrected chi connectivity index (χ2v) is 4.73. The number of likely N-dealkylation sites (N-methyl/N-ethyl adjacent to an activating group) is 1. The quantitative estimate of drug-likeness (QED) is 0.716. The summed E-state index contributed by atoms with van der Waals surface area (Å²) >= 11 is 0. The highest BCUT2D eigenvalue weighted by atomic mass is 15.2. The SMILES string of the molecule is CNC(C)C(C)N1CC(C)C(C)C1. The highest BCUT2D eigenvalue weighted by molar-refractivity contribution is 4.85. The summed E-state index contributed by atoms with van der Waals surface area (Å²) in [7, 11) is 2.05. The van der Waals surface area contributed by atoms with Gasteiger partial charge in [0.2, 0.25) is 0 Å². The molecule has 1 rings (SSSR count). The summed E-state index contributed by atoms with van der Waals surface area (Å²) < 4.78 is 0. The van der Waals surface area contributed by atoms with Crippen LogP contribution in [0.15, 0.2) is 0 Å². The molecule has 1 fully saturated rings. The summed E-state index contributed by atoms with van der Waals surface area (Å²) in [6.45, 7) is 11.9. The van der Waals surface area contributed by atoms with Gasteiger partial charge in [-0.2, -0.15) is 0 Å². The van der Waals surface area contributed by atoms with E-state index in [1.54, 1.807) is 0 Å². The van der Waals surface area contributed by atoms with Crippen molar-refractivity contribution in [3.05, 3.63) is 0 Å². The summed E-state index contributed by atoms with van der Waals surface area (Å²) in [5, 5.41) is 3.33. The Kier molecular flexibility index (Phi) is 3.74. The molecule has 0 spiro atoms. The summed E-state index contributed by atoms with van der Waals surface area (Å²) in [6.07, 6.45) is 0. The Morgan fingerprint density at radius 2 is 1.62 bits per heavy atom. The molecule has 0 bridgehead atoms. The molecule has 0 aliphatic carbocycles. The molecule has 0 aromatic rings. The van der Waals surface area contributed by atoms with E-state index < -0.39 is 0 Å². The van der Waals surface area contributed by atoms with Crippen LogP contribution in [0, 0.1) is 11.8 Å². The summed E-state index contributed by atoms with van der Waals surface area (Å²) in [6, 6.07) is 1.26. The Bertz CT molecular complexity index is 148. The molecule has 1 saturated heterocycles. The number of nitrogens with zero attached hydrogens (tertiary/aromatic N) is 1. The maximum atomic E-state index is 3.33. The van der Waals surface area contributed by atoms with Crippen molar-refractivity contribution in [3.63, 3.8) is 0 Å². The summed E-state index contributed by atoms with van der Waals surface area (Å²) in [5.74, 6) is 1.73. The molecule has 1 heterocycles. The van der Waals surface area contributed by atoms with Crippen molar-refractivity contribution in [2.45, 2.75) is 39.8 Å². The van der Waals surface area contributed by atoms with E-state index in [0.717, 1.165) is 11.8 Å². The first-order chi connectivity index (χ1) is 6.06. The van der Waals surface area contributed by atoms with Crippen molar-refractivity contribution in [2.24, 2.45) is 11.8 Å². The van der Waals surface area contributed by atoms with Crippen LogP contribution in [0.5, 0.6) is 0 Å². The molecular weight excluding hydrogens is 160 g/mol. The number of rotatable bonds is 3. The fourth-order valence-electron chi connectivity index (χ4n) is 2.06. The van der Waals surface area contributed by atoms with Crippen LogP contribution in [-0.4, -0.2) is 37.1 Å². The van der Waals surface area contributed by atoms with Crippen LogP contribution >= 0.6 is 0 Å². The van der Waals surface area contributed by atoms with E-state index in [2.05, 4.69) is 37.9 Å². The molecule has 4 atom stereocenters. The van der Waals surface area contributed by atoms with Crippen molar-refractivity contribution in [1.82, 2.24) is 10.2 Å². The van der Waals surface area contributed by atoms with Gasteiger partial charge in [0.1, 0.15) is 0 Å². The van der Waals surface area contributed by atoms with Crippen molar-refractivity contribution >= 4 is 0 Å². The third kappa shape index (κ3) is 2.44. The molecule has 13 heavy (non-hydrogen) atoms. The molecule has 0 amide bonds. The number of nitrogens with one attached hydrogen (secondary N) is 1. The first kappa shape index (κ1) is 11.0. The molecule has 2 nitrogen and oxygen atoms in total. The van der Waals surface area contributed by atoms with E-state index in [-0.39, 0.29) is 0 Å². The maximum absolute atomic E-state index is 3.33. The Labute approximate surface area is 82.7 Å². The largest absolute Gasteiger partial charge is 0.316 e. The molecule has 2 heteroatoms. The van der Waals surface area contributed by atoms with Crippen LogP contribution in [0.25, 0.3) is 0 Å². The highest BCUT2D eigenvalue weighted by Gasteiger charge is 2.30. The fourth-order valence-corrected chi connectivity index (χ4v) is 2.06. The zero-order valence-electron chi connectivity index (χ0n) is 9.67. The monoisotopic (exact) mass is 184 g/mol. The summed E-state index contributed by atoms with van der Waals surface area (Å²) in [4.78, 5) is 2.61. The van der Waals surface area contributed by atoms with Gasteiger partial charge in [0, 0.05) is 25.2 Å². The third-order valence-electron chi connectivity index (χ3n) is 3.77. The van der Waals surface area contributed by atoms with Crippen molar-refractivity contribution in [3.8, 4) is 0 Å². The van der Waals surface area contributed by atoms with E-state index in [0.29, 0.717) is 12.1 Å². The Hall–Kier alpha value is -0.0800. The lowest BCUT2D eigenvalue weighted by Crippen LogP contribution is -2.44. The molecule has 0 aromatic carbocycles. The fraction of sp³-hybridized carbons (Fsp3) is 1.00. The first-order valence-corrected chi connectivity index (χ1v) is 5.47. The van der Waals surface area contributed by atoms with Crippen LogP contribution in [0.1, 0.15) is 27.7 Å². The van der Waals surface area contributed by atoms with Gasteiger partial charge in [0.05, 0.1) is 0 Å². The van der Waals surface area contributed by atoms with Gasteiger partial charge in [0.15, 0.2) is 0 Å². The Balaban J connectivity index is 2.45. The summed E-state index contributed by atoms with van der Waals surface area (Å²) in [5.41, 5.74) is 0. The van der Waals surface area contributed by atoms with E-state index in [9.17, 15) is 0 Å². The lowest BCUT2D eigenvalue weighted by molar-refractivity contribution is 0.210. The molecule has 1 aliphatic heterocycles. The van der Waals surface area contributed by atoms with Crippen LogP contribution in [0.3, 0.4) is 0 Å². The molecule has 1 aliphatic rings. The van der Waals surface area contributed by atoms with Gasteiger partial charge < -0.3 is 5.32 Å². The highest BCUT2D eigenvalue weighted by Crippen LogP contribution is 2.24. The van der Waals surface area contributed by atoms with Crippen LogP contribution in [0.4, 0.5) is 0 Å². The van der Waals surface area contributed by atoms with E-state index in [1.165, 1.54) is 13.1 Å². The number of hydrogen-bond acceptors (Lipinski definition) is 2. The molecule has 0 radical (unpaired) electrons. The second-order valence-electron chi connectivity index (χ2n) is 4.73. The average molecular weight is 184 g/mol. The van der Waals surface area contributed by atoms with Gasteiger partial charge in [-0.1, -0.05) is 13.8 Å². The van der Waals surface area contributed by atoms with E-state index in [4.69, 9.17) is 0 Å². The zero-order chi connectivity index (χ0) is 10.0. The maximum Gasteiger partial charge on any atom is 0.0218 e. The molecule has 4 unspecified atom stereocenters. The minimum absolute atomic E-state index is 0.595. The average Bonchev–Trinajstić information content (AvgIpc) is 2.44. The van der Waals surface area contributed by atoms with Crippen molar-refractivity contribution in [1.29, 1.82) is 0 Å². The van der Waals surface area contributed by atoms with Gasteiger partial charge >= 0.3 is 0 Å². The lowest BCUT2D eigenvalue weighted by atomic mass is 10.0. The van der Waals surface area contributed by atoms with E-state index in [1.807, 2.05) is 7.05 Å². The number of hydrogen-bond donors (Lipinski definition) is 1. The molecular formula is C11H24N2. The van der Waals surface area contributed by atoms with Gasteiger partial charge in [-0.3, -0.25) is 4.90 Å². The first-order valence-electron chi connectivity index (χ1n) is 5.47. The lowest BCUT2D eigenvalue weighted by Gasteiger charge is -2.29.